The standard InChI is InChI=1S/C12H14ClN3O3.C10H5Cl2N3.C10H6ClN3O.C8H3Cl3N2.C8H4Cl2N2O/c1-18-10(19-2)6-14-12-15-9-4-3-7(13)5-8(9)11(17)16-12;11-6-1-2-8-7(5-6)9(12)14-10-13-3-4-15(8)10;11-6-1-2-8-7(5-6)9(15)13-10-12-3-4-14(8)10;9-4-1-2-6-5(3-4)7(10)13-8(11)12-6;9-4-1-2-6-5(3-4)7(13)12-8(10)11-6/h3-5,10H,6H2,1-2H3,(H2,14,15,16,17);1-5H;1-5H,(H,12,13,15);1-3H;1-3H,(H,11,12,13). The summed E-state index contributed by atoms with van der Waals surface area (Å²) in [5.74, 6) is 1.49. The maximum atomic E-state index is 11.9. The predicted octanol–water partition coefficient (Wildman–Crippen LogP) is 12.4. The first-order chi connectivity index (χ1) is 36.0. The third-order valence-electron chi connectivity index (χ3n) is 10.4. The van der Waals surface area contributed by atoms with Gasteiger partial charge < -0.3 is 14.8 Å². The molecule has 5 aromatic carbocycles. The summed E-state index contributed by atoms with van der Waals surface area (Å²) in [6, 6.07) is 25.7. The molecule has 382 valence electrons. The Morgan fingerprint density at radius 1 is 0.507 bits per heavy atom. The van der Waals surface area contributed by atoms with E-state index >= 15 is 0 Å². The molecule has 12 rings (SSSR count). The summed E-state index contributed by atoms with van der Waals surface area (Å²) in [6.45, 7) is 0.370. The van der Waals surface area contributed by atoms with Gasteiger partial charge in [-0.1, -0.05) is 81.2 Å². The minimum Gasteiger partial charge on any atom is -0.354 e. The Balaban J connectivity index is 0.000000125. The average molecular weight is 1190 g/mol. The monoisotopic (exact) mass is 1180 g/mol. The van der Waals surface area contributed by atoms with Gasteiger partial charge in [0.15, 0.2) is 6.29 Å². The lowest BCUT2D eigenvalue weighted by atomic mass is 10.2. The smallest absolute Gasteiger partial charge is 0.260 e. The van der Waals surface area contributed by atoms with Gasteiger partial charge in [0.25, 0.3) is 16.7 Å². The molecule has 4 N–H and O–H groups in total. The number of hydrogen-bond acceptors (Lipinski definition) is 13. The fraction of sp³-hybridized carbons (Fsp3) is 0.0833. The highest BCUT2D eigenvalue weighted by Gasteiger charge is 2.11. The van der Waals surface area contributed by atoms with E-state index in [4.69, 9.17) is 114 Å². The van der Waals surface area contributed by atoms with Crippen LogP contribution in [0.3, 0.4) is 0 Å². The second kappa shape index (κ2) is 24.5. The molecule has 27 heteroatoms. The number of H-pyrrole nitrogens is 3. The van der Waals surface area contributed by atoms with Gasteiger partial charge in [0.05, 0.1) is 50.3 Å². The van der Waals surface area contributed by atoms with Crippen molar-refractivity contribution in [2.75, 3.05) is 26.1 Å². The van der Waals surface area contributed by atoms with Crippen molar-refractivity contribution in [2.24, 2.45) is 0 Å². The Morgan fingerprint density at radius 3 is 1.61 bits per heavy atom. The first-order valence-electron chi connectivity index (χ1n) is 21.3. The summed E-state index contributed by atoms with van der Waals surface area (Å²) in [5, 5.41) is 9.69. The van der Waals surface area contributed by atoms with Gasteiger partial charge >= 0.3 is 0 Å². The van der Waals surface area contributed by atoms with Crippen LogP contribution in [0.5, 0.6) is 0 Å². The molecule has 18 nitrogen and oxygen atoms in total. The van der Waals surface area contributed by atoms with Gasteiger partial charge in [-0.15, -0.1) is 0 Å². The highest BCUT2D eigenvalue weighted by molar-refractivity contribution is 6.37. The number of ether oxygens (including phenoxy) is 2. The fourth-order valence-electron chi connectivity index (χ4n) is 7.01. The van der Waals surface area contributed by atoms with Crippen LogP contribution >= 0.6 is 104 Å². The average Bonchev–Trinajstić information content (AvgIpc) is 4.06. The van der Waals surface area contributed by atoms with E-state index in [0.717, 1.165) is 16.4 Å². The minimum absolute atomic E-state index is 0.0832. The molecule has 0 atom stereocenters. The number of hydrogen-bond donors (Lipinski definition) is 4. The number of methoxy groups -OCH3 is 2. The highest BCUT2D eigenvalue weighted by atomic mass is 35.5. The Labute approximate surface area is 466 Å². The molecule has 12 aromatic rings. The molecule has 7 heterocycles. The van der Waals surface area contributed by atoms with Gasteiger partial charge in [-0.05, 0) is 114 Å². The van der Waals surface area contributed by atoms with E-state index in [2.05, 4.69) is 55.2 Å². The molecule has 0 aliphatic carbocycles. The van der Waals surface area contributed by atoms with E-state index in [-0.39, 0.29) is 27.2 Å². The van der Waals surface area contributed by atoms with Crippen LogP contribution in [0, 0.1) is 0 Å². The largest absolute Gasteiger partial charge is 0.354 e. The van der Waals surface area contributed by atoms with Crippen LogP contribution in [0.2, 0.25) is 46.0 Å². The number of halogens is 9. The van der Waals surface area contributed by atoms with Crippen molar-refractivity contribution in [3.8, 4) is 0 Å². The van der Waals surface area contributed by atoms with E-state index in [1.54, 1.807) is 91.4 Å². The van der Waals surface area contributed by atoms with Crippen LogP contribution < -0.4 is 22.0 Å². The third-order valence-corrected chi connectivity index (χ3v) is 12.5. The van der Waals surface area contributed by atoms with Crippen LogP contribution in [0.4, 0.5) is 5.95 Å². The zero-order valence-corrected chi connectivity index (χ0v) is 45.0. The van der Waals surface area contributed by atoms with Gasteiger partial charge in [0, 0.05) is 74.9 Å². The summed E-state index contributed by atoms with van der Waals surface area (Å²) in [5.41, 5.74) is 2.85. The van der Waals surface area contributed by atoms with Crippen molar-refractivity contribution in [1.82, 2.24) is 58.6 Å². The molecule has 0 saturated carbocycles. The lowest BCUT2D eigenvalue weighted by molar-refractivity contribution is -0.0914. The minimum atomic E-state index is -0.411. The van der Waals surface area contributed by atoms with Crippen LogP contribution in [0.15, 0.2) is 130 Å². The number of imidazole rings is 2. The second-order valence-corrected chi connectivity index (χ2v) is 18.8. The van der Waals surface area contributed by atoms with E-state index in [0.29, 0.717) is 97.6 Å². The maximum Gasteiger partial charge on any atom is 0.260 e. The quantitative estimate of drug-likeness (QED) is 0.0715. The second-order valence-electron chi connectivity index (χ2n) is 15.2. The number of fused-ring (bicyclic) bond motifs is 9. The lowest BCUT2D eigenvalue weighted by Gasteiger charge is -2.14. The van der Waals surface area contributed by atoms with E-state index in [9.17, 15) is 14.4 Å². The molecule has 0 aliphatic heterocycles. The first kappa shape index (κ1) is 54.9. The molecule has 0 unspecified atom stereocenters. The SMILES string of the molecule is COC(CNc1nc2ccc(Cl)cc2c(=O)[nH]1)OC.Clc1ccc2c(c1)c(Cl)nc1nccn12.Clc1ccc2nc(Cl)nc(Cl)c2c1.O=c1[nH]c(Cl)nc2ccc(Cl)cc12.O=c1[nH]c2nccn2c2ccc(Cl)cc12. The summed E-state index contributed by atoms with van der Waals surface area (Å²) >= 11 is 52.2. The van der Waals surface area contributed by atoms with Crippen molar-refractivity contribution in [3.63, 3.8) is 0 Å². The first-order valence-corrected chi connectivity index (χ1v) is 24.7. The van der Waals surface area contributed by atoms with Gasteiger partial charge in [-0.2, -0.15) is 4.98 Å². The highest BCUT2D eigenvalue weighted by Crippen LogP contribution is 2.27. The van der Waals surface area contributed by atoms with Crippen LogP contribution in [0.1, 0.15) is 0 Å². The van der Waals surface area contributed by atoms with Gasteiger partial charge in [0.2, 0.25) is 28.1 Å². The van der Waals surface area contributed by atoms with Crippen molar-refractivity contribution in [3.05, 3.63) is 193 Å². The number of nitrogens with one attached hydrogen (secondary N) is 4. The Morgan fingerprint density at radius 2 is 0.987 bits per heavy atom. The van der Waals surface area contributed by atoms with Crippen LogP contribution in [0.25, 0.3) is 66.1 Å². The Hall–Kier alpha value is -6.39. The molecule has 0 bridgehead atoms. The Kier molecular flexibility index (Phi) is 17.9. The molecular formula is C48H32Cl9N13O5. The molecule has 0 saturated heterocycles. The molecule has 0 spiro atoms. The van der Waals surface area contributed by atoms with Crippen molar-refractivity contribution in [1.29, 1.82) is 0 Å². The molecule has 7 aromatic heterocycles. The summed E-state index contributed by atoms with van der Waals surface area (Å²) in [4.78, 5) is 70.8. The zero-order valence-electron chi connectivity index (χ0n) is 38.2. The maximum absolute atomic E-state index is 11.9. The summed E-state index contributed by atoms with van der Waals surface area (Å²) in [7, 11) is 3.07. The molecule has 0 radical (unpaired) electrons. The number of rotatable bonds is 5. The molecule has 0 amide bonds. The molecule has 0 fully saturated rings. The van der Waals surface area contributed by atoms with Gasteiger partial charge in [-0.25, -0.2) is 29.9 Å². The predicted molar refractivity (Wildman–Crippen MR) is 299 cm³/mol. The number of nitrogens with zero attached hydrogens (tertiary/aromatic N) is 9. The van der Waals surface area contributed by atoms with Crippen molar-refractivity contribution < 1.29 is 9.47 Å². The lowest BCUT2D eigenvalue weighted by Crippen LogP contribution is -2.25. The third kappa shape index (κ3) is 13.4. The summed E-state index contributed by atoms with van der Waals surface area (Å²) < 4.78 is 13.8. The number of aromatic amines is 3. The number of benzene rings is 5. The topological polar surface area (TPSA) is 228 Å². The van der Waals surface area contributed by atoms with Crippen molar-refractivity contribution >= 4 is 176 Å². The zero-order chi connectivity index (χ0) is 53.5. The summed E-state index contributed by atoms with van der Waals surface area (Å²) in [6.07, 6.45) is 6.55. The molecule has 75 heavy (non-hydrogen) atoms. The van der Waals surface area contributed by atoms with Crippen LogP contribution in [-0.4, -0.2) is 85.7 Å². The van der Waals surface area contributed by atoms with Crippen LogP contribution in [-0.2, 0) is 9.47 Å². The molecule has 0 aliphatic rings. The normalized spacial score (nSPS) is 11.0. The van der Waals surface area contributed by atoms with E-state index in [1.165, 1.54) is 14.2 Å². The number of aromatic nitrogens is 12. The molecular weight excluding hydrogens is 1160 g/mol. The Bertz CT molecular complexity index is 4250. The van der Waals surface area contributed by atoms with Gasteiger partial charge in [-0.3, -0.25) is 38.1 Å². The number of anilines is 1. The van der Waals surface area contributed by atoms with Gasteiger partial charge in [0.1, 0.15) is 10.3 Å². The van der Waals surface area contributed by atoms with E-state index in [1.807, 2.05) is 33.2 Å². The fourth-order valence-corrected chi connectivity index (χ4v) is 8.73. The van der Waals surface area contributed by atoms with Crippen molar-refractivity contribution in [2.45, 2.75) is 6.29 Å². The van der Waals surface area contributed by atoms with E-state index < -0.39 is 6.29 Å².